The average molecular weight is 304 g/mol. The van der Waals surface area contributed by atoms with Crippen molar-refractivity contribution in [3.8, 4) is 0 Å². The molecule has 1 aromatic rings. The van der Waals surface area contributed by atoms with Crippen molar-refractivity contribution in [3.63, 3.8) is 0 Å². The Morgan fingerprint density at radius 2 is 2.25 bits per heavy atom. The topological polar surface area (TPSA) is 29.5 Å². The summed E-state index contributed by atoms with van der Waals surface area (Å²) >= 11 is 9.25. The monoisotopic (exact) mass is 302 g/mol. The summed E-state index contributed by atoms with van der Waals surface area (Å²) in [5, 5.41) is 10.8. The lowest BCUT2D eigenvalue weighted by atomic mass is 9.98. The van der Waals surface area contributed by atoms with Crippen LogP contribution in [-0.2, 0) is 4.74 Å². The van der Waals surface area contributed by atoms with Crippen LogP contribution in [0.15, 0.2) is 34.5 Å². The van der Waals surface area contributed by atoms with Gasteiger partial charge in [-0.1, -0.05) is 17.7 Å². The zero-order valence-electron chi connectivity index (χ0n) is 8.62. The highest BCUT2D eigenvalue weighted by molar-refractivity contribution is 9.10. The van der Waals surface area contributed by atoms with Gasteiger partial charge in [0.05, 0.1) is 17.9 Å². The van der Waals surface area contributed by atoms with E-state index in [9.17, 15) is 5.11 Å². The first-order chi connectivity index (χ1) is 7.68. The van der Waals surface area contributed by atoms with Gasteiger partial charge in [0.2, 0.25) is 0 Å². The third-order valence-corrected chi connectivity index (χ3v) is 3.79. The highest BCUT2D eigenvalue weighted by Gasteiger charge is 2.16. The van der Waals surface area contributed by atoms with E-state index in [2.05, 4.69) is 15.9 Å². The molecular weight excluding hydrogens is 291 g/mol. The van der Waals surface area contributed by atoms with Crippen molar-refractivity contribution in [3.05, 3.63) is 45.1 Å². The molecule has 1 aliphatic heterocycles. The number of hydrogen-bond donors (Lipinski definition) is 1. The zero-order valence-corrected chi connectivity index (χ0v) is 11.0. The molecule has 1 N–H and O–H groups in total. The quantitative estimate of drug-likeness (QED) is 0.900. The summed E-state index contributed by atoms with van der Waals surface area (Å²) in [4.78, 5) is 0. The molecule has 0 saturated heterocycles. The van der Waals surface area contributed by atoms with E-state index in [0.29, 0.717) is 5.02 Å². The number of aliphatic hydroxyl groups excluding tert-OH is 1. The minimum Gasteiger partial charge on any atom is -0.501 e. The number of rotatable bonds is 2. The van der Waals surface area contributed by atoms with Crippen LogP contribution in [0.4, 0.5) is 0 Å². The lowest BCUT2D eigenvalue weighted by Crippen LogP contribution is -2.07. The van der Waals surface area contributed by atoms with Crippen LogP contribution < -0.4 is 0 Å². The molecule has 0 aliphatic carbocycles. The van der Waals surface area contributed by atoms with E-state index in [1.54, 1.807) is 12.3 Å². The second kappa shape index (κ2) is 5.21. The van der Waals surface area contributed by atoms with Gasteiger partial charge in [0, 0.05) is 4.47 Å². The molecule has 1 unspecified atom stereocenters. The van der Waals surface area contributed by atoms with Crippen molar-refractivity contribution in [1.82, 2.24) is 0 Å². The van der Waals surface area contributed by atoms with E-state index in [1.807, 2.05) is 12.1 Å². The van der Waals surface area contributed by atoms with Gasteiger partial charge in [-0.05, 0) is 52.0 Å². The molecule has 86 valence electrons. The largest absolute Gasteiger partial charge is 0.501 e. The Morgan fingerprint density at radius 3 is 2.88 bits per heavy atom. The van der Waals surface area contributed by atoms with Crippen molar-refractivity contribution in [2.75, 3.05) is 6.61 Å². The number of halogens is 2. The number of aliphatic hydroxyl groups is 1. The van der Waals surface area contributed by atoms with E-state index in [0.717, 1.165) is 35.1 Å². The standard InChI is InChI=1S/C12H12BrClO2/c13-10-6-8(3-4-11(10)14)12(15)9-2-1-5-16-7-9/h3-4,6-7,12,15H,1-2,5H2. The van der Waals surface area contributed by atoms with Gasteiger partial charge in [0.25, 0.3) is 0 Å². The Hall–Kier alpha value is -0.510. The van der Waals surface area contributed by atoms with Crippen LogP contribution in [0.3, 0.4) is 0 Å². The predicted molar refractivity (Wildman–Crippen MR) is 67.4 cm³/mol. The lowest BCUT2D eigenvalue weighted by molar-refractivity contribution is 0.170. The SMILES string of the molecule is OC(C1=COCCC1)c1ccc(Cl)c(Br)c1. The fourth-order valence-electron chi connectivity index (χ4n) is 1.68. The maximum atomic E-state index is 10.1. The van der Waals surface area contributed by atoms with Gasteiger partial charge in [-0.3, -0.25) is 0 Å². The third kappa shape index (κ3) is 2.59. The first kappa shape index (κ1) is 12.0. The Kier molecular flexibility index (Phi) is 3.90. The molecule has 1 aromatic carbocycles. The van der Waals surface area contributed by atoms with Crippen LogP contribution in [-0.4, -0.2) is 11.7 Å². The Bertz CT molecular complexity index is 417. The Morgan fingerprint density at radius 1 is 1.44 bits per heavy atom. The summed E-state index contributed by atoms with van der Waals surface area (Å²) in [5.41, 5.74) is 1.74. The van der Waals surface area contributed by atoms with Crippen molar-refractivity contribution in [1.29, 1.82) is 0 Å². The van der Waals surface area contributed by atoms with Gasteiger partial charge in [-0.25, -0.2) is 0 Å². The number of benzene rings is 1. The summed E-state index contributed by atoms with van der Waals surface area (Å²) in [5.74, 6) is 0. The highest BCUT2D eigenvalue weighted by atomic mass is 79.9. The maximum absolute atomic E-state index is 10.1. The van der Waals surface area contributed by atoms with Crippen molar-refractivity contribution >= 4 is 27.5 Å². The minimum absolute atomic E-state index is 0.603. The number of ether oxygens (including phenoxy) is 1. The van der Waals surface area contributed by atoms with Crippen LogP contribution >= 0.6 is 27.5 Å². The van der Waals surface area contributed by atoms with E-state index in [1.165, 1.54) is 0 Å². The van der Waals surface area contributed by atoms with Crippen LogP contribution in [0.1, 0.15) is 24.5 Å². The fourth-order valence-corrected chi connectivity index (χ4v) is 2.20. The van der Waals surface area contributed by atoms with Crippen molar-refractivity contribution in [2.45, 2.75) is 18.9 Å². The Balaban J connectivity index is 2.22. The van der Waals surface area contributed by atoms with Crippen LogP contribution in [0.25, 0.3) is 0 Å². The second-order valence-corrected chi connectivity index (χ2v) is 5.00. The fraction of sp³-hybridized carbons (Fsp3) is 0.333. The molecule has 4 heteroatoms. The smallest absolute Gasteiger partial charge is 0.103 e. The van der Waals surface area contributed by atoms with Gasteiger partial charge < -0.3 is 9.84 Å². The molecule has 0 saturated carbocycles. The normalized spacial score (nSPS) is 17.6. The molecule has 2 rings (SSSR count). The average Bonchev–Trinajstić information content (AvgIpc) is 2.33. The minimum atomic E-state index is -0.603. The Labute approximate surface area is 108 Å². The van der Waals surface area contributed by atoms with Gasteiger partial charge in [-0.2, -0.15) is 0 Å². The molecular formula is C12H12BrClO2. The number of hydrogen-bond acceptors (Lipinski definition) is 2. The molecule has 0 bridgehead atoms. The molecule has 0 spiro atoms. The molecule has 0 aromatic heterocycles. The lowest BCUT2D eigenvalue weighted by Gasteiger charge is -2.19. The summed E-state index contributed by atoms with van der Waals surface area (Å²) in [6.45, 7) is 0.737. The van der Waals surface area contributed by atoms with E-state index in [4.69, 9.17) is 16.3 Å². The van der Waals surface area contributed by atoms with Crippen molar-refractivity contribution < 1.29 is 9.84 Å². The molecule has 0 fully saturated rings. The molecule has 1 aliphatic rings. The second-order valence-electron chi connectivity index (χ2n) is 3.74. The summed E-state index contributed by atoms with van der Waals surface area (Å²) in [6, 6.07) is 5.43. The molecule has 1 heterocycles. The van der Waals surface area contributed by atoms with Crippen LogP contribution in [0.2, 0.25) is 5.02 Å². The molecule has 0 amide bonds. The van der Waals surface area contributed by atoms with Crippen LogP contribution in [0, 0.1) is 0 Å². The third-order valence-electron chi connectivity index (χ3n) is 2.57. The van der Waals surface area contributed by atoms with Gasteiger partial charge in [0.15, 0.2) is 0 Å². The molecule has 0 radical (unpaired) electrons. The van der Waals surface area contributed by atoms with Gasteiger partial charge in [-0.15, -0.1) is 0 Å². The molecule has 2 nitrogen and oxygen atoms in total. The van der Waals surface area contributed by atoms with Crippen molar-refractivity contribution in [2.24, 2.45) is 0 Å². The van der Waals surface area contributed by atoms with E-state index < -0.39 is 6.10 Å². The highest BCUT2D eigenvalue weighted by Crippen LogP contribution is 2.31. The first-order valence-corrected chi connectivity index (χ1v) is 6.29. The van der Waals surface area contributed by atoms with Gasteiger partial charge in [0.1, 0.15) is 6.10 Å². The van der Waals surface area contributed by atoms with E-state index >= 15 is 0 Å². The predicted octanol–water partition coefficient (Wildman–Crippen LogP) is 3.83. The zero-order chi connectivity index (χ0) is 11.5. The summed E-state index contributed by atoms with van der Waals surface area (Å²) in [7, 11) is 0. The summed E-state index contributed by atoms with van der Waals surface area (Å²) < 4.78 is 6.01. The van der Waals surface area contributed by atoms with Crippen LogP contribution in [0.5, 0.6) is 0 Å². The first-order valence-electron chi connectivity index (χ1n) is 5.12. The summed E-state index contributed by atoms with van der Waals surface area (Å²) in [6.07, 6.45) is 2.89. The maximum Gasteiger partial charge on any atom is 0.103 e. The molecule has 16 heavy (non-hydrogen) atoms. The molecule has 1 atom stereocenters. The van der Waals surface area contributed by atoms with Gasteiger partial charge >= 0.3 is 0 Å². The van der Waals surface area contributed by atoms with E-state index in [-0.39, 0.29) is 0 Å².